The topological polar surface area (TPSA) is 35.2 Å². The van der Waals surface area contributed by atoms with Crippen molar-refractivity contribution in [2.75, 3.05) is 6.54 Å². The number of hydrogen-bond donors (Lipinski definition) is 1. The molecule has 0 aliphatic heterocycles. The lowest BCUT2D eigenvalue weighted by Crippen LogP contribution is -2.17. The molecular weight excluding hydrogens is 286 g/mol. The van der Waals surface area contributed by atoms with Gasteiger partial charge in [-0.15, -0.1) is 0 Å². The molecule has 1 unspecified atom stereocenters. The van der Waals surface area contributed by atoms with E-state index in [4.69, 9.17) is 10.5 Å². The first-order valence-electron chi connectivity index (χ1n) is 4.94. The third-order valence-corrected chi connectivity index (χ3v) is 3.40. The fraction of sp³-hybridized carbons (Fsp3) is 0.167. The summed E-state index contributed by atoms with van der Waals surface area (Å²) >= 11 is 5.07. The van der Waals surface area contributed by atoms with Crippen molar-refractivity contribution in [2.45, 2.75) is 6.10 Å². The minimum Gasteiger partial charge on any atom is -0.484 e. The van der Waals surface area contributed by atoms with Crippen LogP contribution in [0.25, 0.3) is 0 Å². The summed E-state index contributed by atoms with van der Waals surface area (Å²) in [7, 11) is 0. The Morgan fingerprint density at radius 2 is 2.25 bits per heavy atom. The van der Waals surface area contributed by atoms with Crippen molar-refractivity contribution in [3.63, 3.8) is 0 Å². The highest BCUT2D eigenvalue weighted by Gasteiger charge is 2.11. The van der Waals surface area contributed by atoms with Crippen LogP contribution >= 0.6 is 27.3 Å². The van der Waals surface area contributed by atoms with Crippen molar-refractivity contribution < 1.29 is 4.74 Å². The SMILES string of the molecule is NCC(Oc1cccc(Br)c1)c1ccsc1. The van der Waals surface area contributed by atoms with Crippen LogP contribution in [-0.2, 0) is 0 Å². The Balaban J connectivity index is 2.13. The minimum absolute atomic E-state index is 0.0689. The van der Waals surface area contributed by atoms with Gasteiger partial charge in [0.05, 0.1) is 0 Å². The maximum atomic E-state index is 5.84. The van der Waals surface area contributed by atoms with E-state index in [1.807, 2.05) is 35.7 Å². The highest BCUT2D eigenvalue weighted by atomic mass is 79.9. The number of ether oxygens (including phenoxy) is 1. The lowest BCUT2D eigenvalue weighted by molar-refractivity contribution is 0.214. The fourth-order valence-corrected chi connectivity index (χ4v) is 2.50. The van der Waals surface area contributed by atoms with Crippen molar-refractivity contribution in [3.05, 3.63) is 51.1 Å². The average Bonchev–Trinajstić information content (AvgIpc) is 2.79. The zero-order valence-corrected chi connectivity index (χ0v) is 11.0. The van der Waals surface area contributed by atoms with Gasteiger partial charge in [-0.05, 0) is 35.0 Å². The van der Waals surface area contributed by atoms with Gasteiger partial charge in [0.2, 0.25) is 0 Å². The van der Waals surface area contributed by atoms with Crippen molar-refractivity contribution in [1.29, 1.82) is 0 Å². The molecule has 0 fully saturated rings. The second-order valence-corrected chi connectivity index (χ2v) is 5.05. The third kappa shape index (κ3) is 2.84. The number of hydrogen-bond acceptors (Lipinski definition) is 3. The Labute approximate surface area is 107 Å². The Bertz CT molecular complexity index is 444. The van der Waals surface area contributed by atoms with Crippen LogP contribution in [0.15, 0.2) is 45.6 Å². The molecule has 1 atom stereocenters. The highest BCUT2D eigenvalue weighted by molar-refractivity contribution is 9.10. The monoisotopic (exact) mass is 297 g/mol. The van der Waals surface area contributed by atoms with Crippen molar-refractivity contribution in [1.82, 2.24) is 0 Å². The molecule has 0 aliphatic carbocycles. The van der Waals surface area contributed by atoms with Gasteiger partial charge < -0.3 is 10.5 Å². The van der Waals surface area contributed by atoms with E-state index in [9.17, 15) is 0 Å². The van der Waals surface area contributed by atoms with Crippen LogP contribution in [0.1, 0.15) is 11.7 Å². The van der Waals surface area contributed by atoms with Gasteiger partial charge in [-0.2, -0.15) is 11.3 Å². The largest absolute Gasteiger partial charge is 0.484 e. The smallest absolute Gasteiger partial charge is 0.137 e. The molecule has 0 saturated heterocycles. The summed E-state index contributed by atoms with van der Waals surface area (Å²) in [5, 5.41) is 4.10. The first-order chi connectivity index (χ1) is 7.79. The molecule has 0 radical (unpaired) electrons. The average molecular weight is 298 g/mol. The van der Waals surface area contributed by atoms with Crippen LogP contribution in [0.2, 0.25) is 0 Å². The Morgan fingerprint density at radius 3 is 2.88 bits per heavy atom. The van der Waals surface area contributed by atoms with Gasteiger partial charge in [-0.1, -0.05) is 22.0 Å². The second-order valence-electron chi connectivity index (χ2n) is 3.36. The van der Waals surface area contributed by atoms with Crippen molar-refractivity contribution >= 4 is 27.3 Å². The molecule has 0 amide bonds. The van der Waals surface area contributed by atoms with E-state index < -0.39 is 0 Å². The molecule has 16 heavy (non-hydrogen) atoms. The number of thiophene rings is 1. The predicted octanol–water partition coefficient (Wildman–Crippen LogP) is 3.59. The molecular formula is C12H12BrNOS. The molecule has 1 aromatic carbocycles. The van der Waals surface area contributed by atoms with Gasteiger partial charge in [0, 0.05) is 16.6 Å². The third-order valence-electron chi connectivity index (χ3n) is 2.20. The van der Waals surface area contributed by atoms with Gasteiger partial charge in [-0.25, -0.2) is 0 Å². The predicted molar refractivity (Wildman–Crippen MR) is 70.9 cm³/mol. The number of benzene rings is 1. The number of halogens is 1. The minimum atomic E-state index is -0.0689. The molecule has 0 aliphatic rings. The van der Waals surface area contributed by atoms with Gasteiger partial charge in [0.25, 0.3) is 0 Å². The first kappa shape index (κ1) is 11.6. The molecule has 1 heterocycles. The molecule has 1 aromatic heterocycles. The van der Waals surface area contributed by atoms with E-state index in [-0.39, 0.29) is 6.10 Å². The highest BCUT2D eigenvalue weighted by Crippen LogP contribution is 2.25. The normalized spacial score (nSPS) is 12.4. The lowest BCUT2D eigenvalue weighted by atomic mass is 10.2. The summed E-state index contributed by atoms with van der Waals surface area (Å²) in [6, 6.07) is 9.82. The van der Waals surface area contributed by atoms with E-state index >= 15 is 0 Å². The van der Waals surface area contributed by atoms with Gasteiger partial charge >= 0.3 is 0 Å². The summed E-state index contributed by atoms with van der Waals surface area (Å²) in [4.78, 5) is 0. The summed E-state index contributed by atoms with van der Waals surface area (Å²) in [5.74, 6) is 0.830. The maximum absolute atomic E-state index is 5.84. The summed E-state index contributed by atoms with van der Waals surface area (Å²) in [5.41, 5.74) is 6.85. The van der Waals surface area contributed by atoms with Crippen LogP contribution in [-0.4, -0.2) is 6.54 Å². The quantitative estimate of drug-likeness (QED) is 0.936. The van der Waals surface area contributed by atoms with Crippen LogP contribution < -0.4 is 10.5 Å². The van der Waals surface area contributed by atoms with E-state index in [1.54, 1.807) is 11.3 Å². The molecule has 0 saturated carbocycles. The summed E-state index contributed by atoms with van der Waals surface area (Å²) in [6.07, 6.45) is -0.0689. The molecule has 2 N–H and O–H groups in total. The van der Waals surface area contributed by atoms with E-state index in [0.717, 1.165) is 15.8 Å². The van der Waals surface area contributed by atoms with E-state index in [2.05, 4.69) is 21.3 Å². The van der Waals surface area contributed by atoms with Crippen LogP contribution in [0, 0.1) is 0 Å². The molecule has 0 bridgehead atoms. The molecule has 4 heteroatoms. The molecule has 2 nitrogen and oxygen atoms in total. The Hall–Kier alpha value is -0.840. The van der Waals surface area contributed by atoms with Gasteiger partial charge in [-0.3, -0.25) is 0 Å². The van der Waals surface area contributed by atoms with E-state index in [0.29, 0.717) is 6.54 Å². The maximum Gasteiger partial charge on any atom is 0.137 e. The summed E-state index contributed by atoms with van der Waals surface area (Å²) < 4.78 is 6.85. The fourth-order valence-electron chi connectivity index (χ4n) is 1.42. The second kappa shape index (κ2) is 5.48. The zero-order valence-electron chi connectivity index (χ0n) is 8.60. The van der Waals surface area contributed by atoms with Gasteiger partial charge in [0.15, 0.2) is 0 Å². The molecule has 84 valence electrons. The Morgan fingerprint density at radius 1 is 1.38 bits per heavy atom. The van der Waals surface area contributed by atoms with Crippen LogP contribution in [0.4, 0.5) is 0 Å². The van der Waals surface area contributed by atoms with Crippen molar-refractivity contribution in [3.8, 4) is 5.75 Å². The van der Waals surface area contributed by atoms with E-state index in [1.165, 1.54) is 0 Å². The lowest BCUT2D eigenvalue weighted by Gasteiger charge is -2.16. The number of nitrogens with two attached hydrogens (primary N) is 1. The molecule has 0 spiro atoms. The van der Waals surface area contributed by atoms with Crippen molar-refractivity contribution in [2.24, 2.45) is 5.73 Å². The molecule has 2 aromatic rings. The summed E-state index contributed by atoms with van der Waals surface area (Å²) in [6.45, 7) is 0.475. The van der Waals surface area contributed by atoms with Gasteiger partial charge in [0.1, 0.15) is 11.9 Å². The first-order valence-corrected chi connectivity index (χ1v) is 6.67. The molecule has 2 rings (SSSR count). The zero-order chi connectivity index (χ0) is 11.4. The number of rotatable bonds is 4. The Kier molecular flexibility index (Phi) is 3.98. The van der Waals surface area contributed by atoms with Crippen LogP contribution in [0.3, 0.4) is 0 Å². The standard InChI is InChI=1S/C12H12BrNOS/c13-10-2-1-3-11(6-10)15-12(7-14)9-4-5-16-8-9/h1-6,8,12H,7,14H2. The van der Waals surface area contributed by atoms with Crippen LogP contribution in [0.5, 0.6) is 5.75 Å².